The summed E-state index contributed by atoms with van der Waals surface area (Å²) in [4.78, 5) is 20.9. The van der Waals surface area contributed by atoms with Crippen molar-refractivity contribution in [3.63, 3.8) is 0 Å². The molecule has 164 valence electrons. The van der Waals surface area contributed by atoms with Gasteiger partial charge in [0.25, 0.3) is 5.91 Å². The number of aliphatic imine (C=N–C) groups is 1. The van der Waals surface area contributed by atoms with E-state index in [2.05, 4.69) is 31.0 Å². The van der Waals surface area contributed by atoms with Crippen molar-refractivity contribution in [1.82, 2.24) is 30.7 Å². The number of benzene rings is 1. The Morgan fingerprint density at radius 2 is 2.10 bits per heavy atom. The molecule has 3 N–H and O–H groups in total. The number of rotatable bonds is 7. The van der Waals surface area contributed by atoms with Crippen LogP contribution < -0.4 is 16.0 Å². The number of amides is 1. The van der Waals surface area contributed by atoms with Gasteiger partial charge in [0, 0.05) is 39.7 Å². The second kappa shape index (κ2) is 12.1. The van der Waals surface area contributed by atoms with Gasteiger partial charge in [-0.25, -0.2) is 9.67 Å². The lowest BCUT2D eigenvalue weighted by molar-refractivity contribution is 0.0954. The summed E-state index contributed by atoms with van der Waals surface area (Å²) >= 11 is 6.04. The lowest BCUT2D eigenvalue weighted by Gasteiger charge is -2.25. The standard InChI is InChI=1S/C19H26ClN7O2.HI/c1-21-19(23-10-9-22-18(28)14-5-3-4-6-15(14)20)24-13-7-8-17-25-16(12-29-2)26-27(17)11-13;/h3-6,13H,7-12H2,1-2H3,(H,22,28)(H2,21,23,24);1H. The molecule has 1 aliphatic rings. The number of hydrogen-bond acceptors (Lipinski definition) is 5. The van der Waals surface area contributed by atoms with E-state index in [9.17, 15) is 4.79 Å². The normalized spacial score (nSPS) is 15.7. The van der Waals surface area contributed by atoms with Crippen LogP contribution in [0.15, 0.2) is 29.3 Å². The highest BCUT2D eigenvalue weighted by molar-refractivity contribution is 14.0. The highest BCUT2D eigenvalue weighted by Crippen LogP contribution is 2.14. The van der Waals surface area contributed by atoms with Gasteiger partial charge in [0.15, 0.2) is 11.8 Å². The zero-order valence-electron chi connectivity index (χ0n) is 17.0. The molecule has 1 aromatic carbocycles. The van der Waals surface area contributed by atoms with Crippen LogP contribution >= 0.6 is 35.6 Å². The molecule has 0 spiro atoms. The number of aromatic nitrogens is 3. The van der Waals surface area contributed by atoms with E-state index >= 15 is 0 Å². The fraction of sp³-hybridized carbons (Fsp3) is 0.474. The Hall–Kier alpha value is -1.92. The van der Waals surface area contributed by atoms with Gasteiger partial charge in [0.05, 0.1) is 17.1 Å². The molecule has 9 nitrogen and oxygen atoms in total. The van der Waals surface area contributed by atoms with E-state index < -0.39 is 0 Å². The Balaban J connectivity index is 0.00000320. The SMILES string of the molecule is CN=C(NCCNC(=O)c1ccccc1Cl)NC1CCc2nc(COC)nn2C1.I. The number of halogens is 2. The molecule has 30 heavy (non-hydrogen) atoms. The lowest BCUT2D eigenvalue weighted by atomic mass is 10.1. The number of fused-ring (bicyclic) bond motifs is 1. The van der Waals surface area contributed by atoms with Crippen molar-refractivity contribution in [2.75, 3.05) is 27.2 Å². The Kier molecular flexibility index (Phi) is 9.79. The van der Waals surface area contributed by atoms with Crippen molar-refractivity contribution in [3.8, 4) is 0 Å². The summed E-state index contributed by atoms with van der Waals surface area (Å²) in [6, 6.07) is 7.17. The van der Waals surface area contributed by atoms with Crippen LogP contribution in [0.2, 0.25) is 5.02 Å². The van der Waals surface area contributed by atoms with Gasteiger partial charge >= 0.3 is 0 Å². The van der Waals surface area contributed by atoms with E-state index in [-0.39, 0.29) is 35.9 Å². The first-order valence-corrected chi connectivity index (χ1v) is 9.90. The summed E-state index contributed by atoms with van der Waals surface area (Å²) in [6.07, 6.45) is 1.79. The molecule has 2 aromatic rings. The maximum atomic E-state index is 12.2. The molecule has 1 amide bonds. The van der Waals surface area contributed by atoms with E-state index in [0.29, 0.717) is 42.1 Å². The topological polar surface area (TPSA) is 105 Å². The maximum Gasteiger partial charge on any atom is 0.252 e. The van der Waals surface area contributed by atoms with Crippen LogP contribution in [-0.4, -0.2) is 59.9 Å². The van der Waals surface area contributed by atoms with Crippen molar-refractivity contribution in [2.24, 2.45) is 4.99 Å². The molecule has 11 heteroatoms. The largest absolute Gasteiger partial charge is 0.377 e. The Morgan fingerprint density at radius 1 is 1.33 bits per heavy atom. The predicted octanol–water partition coefficient (Wildman–Crippen LogP) is 1.61. The Bertz CT molecular complexity index is 874. The van der Waals surface area contributed by atoms with Crippen molar-refractivity contribution < 1.29 is 9.53 Å². The first kappa shape index (κ1) is 24.4. The van der Waals surface area contributed by atoms with Crippen molar-refractivity contribution in [2.45, 2.75) is 32.0 Å². The van der Waals surface area contributed by atoms with Gasteiger partial charge in [0.2, 0.25) is 0 Å². The van der Waals surface area contributed by atoms with Crippen molar-refractivity contribution in [1.29, 1.82) is 0 Å². The lowest BCUT2D eigenvalue weighted by Crippen LogP contribution is -2.48. The van der Waals surface area contributed by atoms with Crippen LogP contribution in [0.5, 0.6) is 0 Å². The number of nitrogens with zero attached hydrogens (tertiary/aromatic N) is 4. The van der Waals surface area contributed by atoms with Crippen LogP contribution in [0.1, 0.15) is 28.4 Å². The minimum atomic E-state index is -0.196. The molecule has 1 aliphatic heterocycles. The van der Waals surface area contributed by atoms with Crippen LogP contribution in [0, 0.1) is 0 Å². The van der Waals surface area contributed by atoms with Gasteiger partial charge in [0.1, 0.15) is 12.4 Å². The van der Waals surface area contributed by atoms with E-state index in [1.807, 2.05) is 4.68 Å². The fourth-order valence-corrected chi connectivity index (χ4v) is 3.38. The third-order valence-electron chi connectivity index (χ3n) is 4.56. The molecular formula is C19H27ClIN7O2. The molecule has 0 saturated carbocycles. The van der Waals surface area contributed by atoms with Crippen molar-refractivity contribution >= 4 is 47.4 Å². The molecular weight excluding hydrogens is 521 g/mol. The van der Waals surface area contributed by atoms with E-state index in [4.69, 9.17) is 16.3 Å². The smallest absolute Gasteiger partial charge is 0.252 e. The highest BCUT2D eigenvalue weighted by atomic mass is 127. The monoisotopic (exact) mass is 547 g/mol. The molecule has 1 atom stereocenters. The summed E-state index contributed by atoms with van der Waals surface area (Å²) in [5, 5.41) is 14.4. The zero-order chi connectivity index (χ0) is 20.6. The number of carbonyl (C=O) groups excluding carboxylic acids is 1. The first-order valence-electron chi connectivity index (χ1n) is 9.52. The predicted molar refractivity (Wildman–Crippen MR) is 127 cm³/mol. The molecule has 3 rings (SSSR count). The summed E-state index contributed by atoms with van der Waals surface area (Å²) in [6.45, 7) is 2.12. The van der Waals surface area contributed by atoms with E-state index in [0.717, 1.165) is 25.2 Å². The number of guanidine groups is 1. The van der Waals surface area contributed by atoms with Crippen LogP contribution in [0.25, 0.3) is 0 Å². The number of hydrogen-bond donors (Lipinski definition) is 3. The van der Waals surface area contributed by atoms with Gasteiger partial charge in [-0.3, -0.25) is 9.79 Å². The average Bonchev–Trinajstić information content (AvgIpc) is 3.12. The minimum Gasteiger partial charge on any atom is -0.377 e. The van der Waals surface area contributed by atoms with E-state index in [1.165, 1.54) is 0 Å². The quantitative estimate of drug-likeness (QED) is 0.211. The van der Waals surface area contributed by atoms with Gasteiger partial charge in [-0.05, 0) is 18.6 Å². The summed E-state index contributed by atoms with van der Waals surface area (Å²) in [5.41, 5.74) is 0.468. The molecule has 2 heterocycles. The number of methoxy groups -OCH3 is 1. The van der Waals surface area contributed by atoms with Gasteiger partial charge in [-0.15, -0.1) is 24.0 Å². The minimum absolute atomic E-state index is 0. The average molecular weight is 548 g/mol. The first-order chi connectivity index (χ1) is 14.1. The third kappa shape index (κ3) is 6.54. The summed E-state index contributed by atoms with van der Waals surface area (Å²) in [7, 11) is 3.36. The number of ether oxygens (including phenoxy) is 1. The summed E-state index contributed by atoms with van der Waals surface area (Å²) < 4.78 is 7.02. The third-order valence-corrected chi connectivity index (χ3v) is 4.89. The summed E-state index contributed by atoms with van der Waals surface area (Å²) in [5.74, 6) is 2.18. The molecule has 0 saturated heterocycles. The maximum absolute atomic E-state index is 12.2. The molecule has 1 aromatic heterocycles. The molecule has 0 bridgehead atoms. The van der Waals surface area contributed by atoms with Crippen LogP contribution in [-0.2, 0) is 24.3 Å². The van der Waals surface area contributed by atoms with Gasteiger partial charge in [-0.1, -0.05) is 23.7 Å². The van der Waals surface area contributed by atoms with Crippen LogP contribution in [0.4, 0.5) is 0 Å². The zero-order valence-corrected chi connectivity index (χ0v) is 20.1. The fourth-order valence-electron chi connectivity index (χ4n) is 3.15. The number of aryl methyl sites for hydroxylation is 1. The van der Waals surface area contributed by atoms with Gasteiger partial charge < -0.3 is 20.7 Å². The molecule has 1 unspecified atom stereocenters. The van der Waals surface area contributed by atoms with Gasteiger partial charge in [-0.2, -0.15) is 5.10 Å². The molecule has 0 radical (unpaired) electrons. The van der Waals surface area contributed by atoms with Crippen LogP contribution in [0.3, 0.4) is 0 Å². The molecule has 0 fully saturated rings. The second-order valence-corrected chi connectivity index (χ2v) is 7.08. The molecule has 0 aliphatic carbocycles. The van der Waals surface area contributed by atoms with E-state index in [1.54, 1.807) is 38.4 Å². The Morgan fingerprint density at radius 3 is 2.83 bits per heavy atom. The second-order valence-electron chi connectivity index (χ2n) is 6.67. The number of nitrogens with one attached hydrogen (secondary N) is 3. The highest BCUT2D eigenvalue weighted by Gasteiger charge is 2.22. The van der Waals surface area contributed by atoms with Crippen molar-refractivity contribution in [3.05, 3.63) is 46.5 Å². The Labute approximate surface area is 198 Å². The number of carbonyl (C=O) groups is 1.